The van der Waals surface area contributed by atoms with E-state index in [0.717, 1.165) is 22.5 Å². The molecule has 0 bridgehead atoms. The lowest BCUT2D eigenvalue weighted by Gasteiger charge is -2.35. The fourth-order valence-corrected chi connectivity index (χ4v) is 6.25. The fraction of sp³-hybridized carbons (Fsp3) is 0.222. The topological polar surface area (TPSA) is 86.3 Å². The summed E-state index contributed by atoms with van der Waals surface area (Å²) in [5.74, 6) is 1.37. The highest BCUT2D eigenvalue weighted by molar-refractivity contribution is 6.12. The molecule has 44 heavy (non-hydrogen) atoms. The third-order valence-electron chi connectivity index (χ3n) is 8.30. The van der Waals surface area contributed by atoms with Crippen LogP contribution < -0.4 is 29.2 Å². The van der Waals surface area contributed by atoms with E-state index in [1.54, 1.807) is 24.1 Å². The van der Waals surface area contributed by atoms with Crippen molar-refractivity contribution in [2.45, 2.75) is 24.8 Å². The summed E-state index contributed by atoms with van der Waals surface area (Å²) < 4.78 is 22.3. The van der Waals surface area contributed by atoms with E-state index < -0.39 is 6.04 Å². The molecule has 0 saturated heterocycles. The molecule has 1 N–H and O–H groups in total. The van der Waals surface area contributed by atoms with E-state index >= 15 is 0 Å². The summed E-state index contributed by atoms with van der Waals surface area (Å²) in [6.45, 7) is 0. The van der Waals surface area contributed by atoms with Crippen molar-refractivity contribution in [3.05, 3.63) is 119 Å². The lowest BCUT2D eigenvalue weighted by atomic mass is 9.78. The van der Waals surface area contributed by atoms with E-state index in [2.05, 4.69) is 17.4 Å². The zero-order chi connectivity index (χ0) is 30.8. The number of para-hydroxylation sites is 2. The largest absolute Gasteiger partial charge is 0.497 e. The van der Waals surface area contributed by atoms with Crippen LogP contribution >= 0.6 is 0 Å². The number of fused-ring (bicyclic) bond motifs is 1. The minimum atomic E-state index is -0.743. The molecule has 1 amide bonds. The van der Waals surface area contributed by atoms with Crippen molar-refractivity contribution in [2.75, 3.05) is 38.7 Å². The highest BCUT2D eigenvalue weighted by Gasteiger charge is 2.42. The number of ether oxygens (including phenoxy) is 4. The zero-order valence-electron chi connectivity index (χ0n) is 25.1. The molecule has 2 atom stereocenters. The van der Waals surface area contributed by atoms with Crippen LogP contribution in [0.25, 0.3) is 0 Å². The van der Waals surface area contributed by atoms with E-state index in [1.165, 1.54) is 21.3 Å². The molecule has 8 heteroatoms. The normalized spacial score (nSPS) is 17.5. The number of anilines is 2. The van der Waals surface area contributed by atoms with Crippen molar-refractivity contribution < 1.29 is 28.5 Å². The summed E-state index contributed by atoms with van der Waals surface area (Å²) in [6, 6.07) is 27.8. The smallest absolute Gasteiger partial charge is 0.259 e. The van der Waals surface area contributed by atoms with Gasteiger partial charge in [-0.15, -0.1) is 0 Å². The van der Waals surface area contributed by atoms with Gasteiger partial charge in [0.25, 0.3) is 5.91 Å². The molecule has 0 fully saturated rings. The van der Waals surface area contributed by atoms with Crippen LogP contribution in [0.15, 0.2) is 102 Å². The number of rotatable bonds is 7. The van der Waals surface area contributed by atoms with Gasteiger partial charge in [0, 0.05) is 23.3 Å². The van der Waals surface area contributed by atoms with Gasteiger partial charge in [-0.25, -0.2) is 0 Å². The van der Waals surface area contributed by atoms with Gasteiger partial charge in [-0.2, -0.15) is 0 Å². The van der Waals surface area contributed by atoms with Gasteiger partial charge < -0.3 is 24.3 Å². The minimum Gasteiger partial charge on any atom is -0.497 e. The number of ketones is 1. The number of hydrogen-bond donors (Lipinski definition) is 1. The van der Waals surface area contributed by atoms with Gasteiger partial charge in [-0.3, -0.25) is 14.5 Å². The Labute approximate surface area is 256 Å². The van der Waals surface area contributed by atoms with Crippen molar-refractivity contribution in [2.24, 2.45) is 0 Å². The number of hydrogen-bond acceptors (Lipinski definition) is 7. The van der Waals surface area contributed by atoms with Crippen LogP contribution in [0.2, 0.25) is 0 Å². The highest BCUT2D eigenvalue weighted by Crippen LogP contribution is 2.49. The fourth-order valence-electron chi connectivity index (χ4n) is 6.25. The summed E-state index contributed by atoms with van der Waals surface area (Å²) in [6.07, 6.45) is 0.944. The number of Topliss-reactive ketones (excluding diaryl/α,β-unsaturated/α-hetero) is 1. The van der Waals surface area contributed by atoms with Gasteiger partial charge in [-0.1, -0.05) is 54.6 Å². The van der Waals surface area contributed by atoms with Crippen LogP contribution in [0.5, 0.6) is 23.0 Å². The quantitative estimate of drug-likeness (QED) is 0.250. The number of carbonyl (C=O) groups is 2. The summed E-state index contributed by atoms with van der Waals surface area (Å²) >= 11 is 0. The first-order valence-corrected chi connectivity index (χ1v) is 14.4. The second-order valence-electron chi connectivity index (χ2n) is 10.7. The molecule has 4 aromatic carbocycles. The Morgan fingerprint density at radius 2 is 1.43 bits per heavy atom. The number of carbonyl (C=O) groups excluding carboxylic acids is 2. The average molecular weight is 591 g/mol. The number of methoxy groups -OCH3 is 4. The Morgan fingerprint density at radius 1 is 0.750 bits per heavy atom. The molecular weight excluding hydrogens is 556 g/mol. The van der Waals surface area contributed by atoms with E-state index in [1.807, 2.05) is 66.7 Å². The molecule has 1 aliphatic carbocycles. The molecule has 2 aliphatic rings. The molecule has 8 nitrogen and oxygen atoms in total. The molecule has 0 aromatic heterocycles. The molecule has 224 valence electrons. The molecule has 4 aromatic rings. The molecule has 0 saturated carbocycles. The summed E-state index contributed by atoms with van der Waals surface area (Å²) in [4.78, 5) is 30.9. The standard InChI is InChI=1S/C36H34N2O6/c1-41-26-14-10-13-23(17-26)34-33-28(18-24(19-30(33)39)22-11-6-5-7-12-22)37-27-15-8-9-16-29(27)38(34)36(40)25-20-31(42-2)35(44-4)32(21-25)43-3/h5-17,20-21,24,34,37H,18-19H2,1-4H3/t24-,34+/m1/s1. The third kappa shape index (κ3) is 5.13. The van der Waals surface area contributed by atoms with Crippen LogP contribution in [-0.2, 0) is 4.79 Å². The Kier molecular flexibility index (Phi) is 7.98. The lowest BCUT2D eigenvalue weighted by molar-refractivity contribution is -0.116. The molecule has 0 unspecified atom stereocenters. The van der Waals surface area contributed by atoms with E-state index in [-0.39, 0.29) is 17.6 Å². The molecule has 0 radical (unpaired) electrons. The average Bonchev–Trinajstić information content (AvgIpc) is 3.22. The van der Waals surface area contributed by atoms with E-state index in [0.29, 0.717) is 52.7 Å². The van der Waals surface area contributed by atoms with Gasteiger partial charge in [0.15, 0.2) is 17.3 Å². The van der Waals surface area contributed by atoms with E-state index in [9.17, 15) is 9.59 Å². The van der Waals surface area contributed by atoms with Crippen LogP contribution in [0.4, 0.5) is 11.4 Å². The maximum atomic E-state index is 14.8. The number of benzene rings is 4. The lowest BCUT2D eigenvalue weighted by Crippen LogP contribution is -2.38. The molecule has 0 spiro atoms. The molecular formula is C36H34N2O6. The van der Waals surface area contributed by atoms with Crippen molar-refractivity contribution in [3.8, 4) is 23.0 Å². The summed E-state index contributed by atoms with van der Waals surface area (Å²) in [5.41, 5.74) is 4.90. The zero-order valence-corrected chi connectivity index (χ0v) is 25.1. The number of nitrogens with one attached hydrogen (secondary N) is 1. The minimum absolute atomic E-state index is 0.00503. The monoisotopic (exact) mass is 590 g/mol. The number of nitrogens with zero attached hydrogens (tertiary/aromatic N) is 1. The predicted octanol–water partition coefficient (Wildman–Crippen LogP) is 6.94. The molecule has 6 rings (SSSR count). The second kappa shape index (κ2) is 12.2. The van der Waals surface area contributed by atoms with Gasteiger partial charge in [0.2, 0.25) is 5.75 Å². The van der Waals surface area contributed by atoms with E-state index in [4.69, 9.17) is 18.9 Å². The second-order valence-corrected chi connectivity index (χ2v) is 10.7. The third-order valence-corrected chi connectivity index (χ3v) is 8.30. The van der Waals surface area contributed by atoms with Crippen LogP contribution in [-0.4, -0.2) is 40.1 Å². The van der Waals surface area contributed by atoms with Gasteiger partial charge in [0.1, 0.15) is 5.75 Å². The van der Waals surface area contributed by atoms with Crippen LogP contribution in [0.3, 0.4) is 0 Å². The first-order chi connectivity index (χ1) is 21.5. The highest BCUT2D eigenvalue weighted by atomic mass is 16.5. The Hall–Kier alpha value is -5.24. The van der Waals surface area contributed by atoms with Crippen molar-refractivity contribution >= 4 is 23.1 Å². The van der Waals surface area contributed by atoms with Crippen LogP contribution in [0.1, 0.15) is 46.3 Å². The Bertz CT molecular complexity index is 1720. The van der Waals surface area contributed by atoms with Crippen molar-refractivity contribution in [1.82, 2.24) is 0 Å². The summed E-state index contributed by atoms with van der Waals surface area (Å²) in [5, 5.41) is 3.58. The summed E-state index contributed by atoms with van der Waals surface area (Å²) in [7, 11) is 6.14. The maximum Gasteiger partial charge on any atom is 0.259 e. The number of amides is 1. The van der Waals surface area contributed by atoms with Crippen molar-refractivity contribution in [3.63, 3.8) is 0 Å². The van der Waals surface area contributed by atoms with Gasteiger partial charge in [0.05, 0.1) is 45.9 Å². The molecule has 1 aliphatic heterocycles. The Morgan fingerprint density at radius 3 is 2.11 bits per heavy atom. The van der Waals surface area contributed by atoms with Crippen LogP contribution in [0, 0.1) is 0 Å². The van der Waals surface area contributed by atoms with Crippen molar-refractivity contribution in [1.29, 1.82) is 0 Å². The first-order valence-electron chi connectivity index (χ1n) is 14.4. The Balaban J connectivity index is 1.58. The SMILES string of the molecule is COc1cccc([C@H]2C3=C(C[C@@H](c4ccccc4)CC3=O)Nc3ccccc3N2C(=O)c2cc(OC)c(OC)c(OC)c2)c1. The van der Waals surface area contributed by atoms with Gasteiger partial charge in [-0.05, 0) is 59.9 Å². The molecule has 1 heterocycles. The van der Waals surface area contributed by atoms with Gasteiger partial charge >= 0.3 is 0 Å². The first kappa shape index (κ1) is 28.9. The predicted molar refractivity (Wildman–Crippen MR) is 169 cm³/mol. The maximum absolute atomic E-state index is 14.8. The number of allylic oxidation sites excluding steroid dienone is 1.